The Balaban J connectivity index is 1.92. The van der Waals surface area contributed by atoms with Crippen LogP contribution in [0.2, 0.25) is 5.02 Å². The van der Waals surface area contributed by atoms with Crippen molar-refractivity contribution in [3.63, 3.8) is 0 Å². The molecule has 1 N–H and O–H groups in total. The Labute approximate surface area is 106 Å². The molecule has 3 unspecified atom stereocenters. The van der Waals surface area contributed by atoms with Crippen molar-refractivity contribution in [2.24, 2.45) is 0 Å². The van der Waals surface area contributed by atoms with Crippen molar-refractivity contribution in [2.45, 2.75) is 31.6 Å². The van der Waals surface area contributed by atoms with Crippen LogP contribution in [0, 0.1) is 0 Å². The van der Waals surface area contributed by atoms with E-state index in [4.69, 9.17) is 21.1 Å². The van der Waals surface area contributed by atoms with Crippen LogP contribution in [0.5, 0.6) is 5.75 Å². The fourth-order valence-corrected chi connectivity index (χ4v) is 2.27. The van der Waals surface area contributed by atoms with Crippen LogP contribution in [0.1, 0.15) is 13.3 Å². The van der Waals surface area contributed by atoms with Gasteiger partial charge in [-0.15, -0.1) is 0 Å². The van der Waals surface area contributed by atoms with Gasteiger partial charge in [-0.1, -0.05) is 18.5 Å². The van der Waals surface area contributed by atoms with Crippen molar-refractivity contribution in [2.75, 3.05) is 13.7 Å². The summed E-state index contributed by atoms with van der Waals surface area (Å²) in [6, 6.07) is 2.14. The second-order valence-corrected chi connectivity index (χ2v) is 4.53. The summed E-state index contributed by atoms with van der Waals surface area (Å²) in [5, 5.41) is 3.95. The Bertz CT molecular complexity index is 375. The van der Waals surface area contributed by atoms with Gasteiger partial charge in [0.2, 0.25) is 0 Å². The number of nitrogens with one attached hydrogen (secondary N) is 1. The minimum atomic E-state index is 0.0734. The zero-order chi connectivity index (χ0) is 12.3. The summed E-state index contributed by atoms with van der Waals surface area (Å²) in [5.74, 6) is 0.694. The number of pyridine rings is 1. The van der Waals surface area contributed by atoms with Crippen molar-refractivity contribution in [3.8, 4) is 5.75 Å². The summed E-state index contributed by atoms with van der Waals surface area (Å²) >= 11 is 5.85. The lowest BCUT2D eigenvalue weighted by molar-refractivity contribution is -0.0884. The standard InChI is InChI=1S/C12H17ClN2O2/c1-3-15-10-5-11(12(10)16-2)17-9-4-8(13)6-14-7-9/h4,6-7,10-12,15H,3,5H2,1-2H3. The van der Waals surface area contributed by atoms with Gasteiger partial charge in [-0.05, 0) is 6.54 Å². The second-order valence-electron chi connectivity index (χ2n) is 4.10. The molecule has 1 aliphatic carbocycles. The minimum absolute atomic E-state index is 0.0734. The first-order chi connectivity index (χ1) is 8.24. The van der Waals surface area contributed by atoms with Crippen molar-refractivity contribution in [1.82, 2.24) is 10.3 Å². The highest BCUT2D eigenvalue weighted by Crippen LogP contribution is 2.29. The number of aromatic nitrogens is 1. The summed E-state index contributed by atoms with van der Waals surface area (Å²) in [7, 11) is 1.71. The predicted molar refractivity (Wildman–Crippen MR) is 66.5 cm³/mol. The molecular formula is C12H17ClN2O2. The predicted octanol–water partition coefficient (Wildman–Crippen LogP) is 1.88. The Morgan fingerprint density at radius 2 is 2.35 bits per heavy atom. The molecule has 0 amide bonds. The van der Waals surface area contributed by atoms with Crippen LogP contribution in [-0.4, -0.2) is 36.9 Å². The van der Waals surface area contributed by atoms with E-state index in [2.05, 4.69) is 17.2 Å². The first-order valence-corrected chi connectivity index (χ1v) is 6.15. The molecule has 1 aromatic heterocycles. The third-order valence-corrected chi connectivity index (χ3v) is 3.16. The molecule has 1 fully saturated rings. The molecule has 0 aliphatic heterocycles. The molecule has 1 aliphatic rings. The number of likely N-dealkylation sites (N-methyl/N-ethyl adjacent to an activating group) is 1. The van der Waals surface area contributed by atoms with Crippen LogP contribution in [0.15, 0.2) is 18.5 Å². The van der Waals surface area contributed by atoms with Crippen molar-refractivity contribution in [1.29, 1.82) is 0 Å². The molecule has 1 saturated carbocycles. The maximum atomic E-state index is 5.85. The molecule has 17 heavy (non-hydrogen) atoms. The molecule has 3 atom stereocenters. The molecule has 0 saturated heterocycles. The highest BCUT2D eigenvalue weighted by Gasteiger charge is 2.42. The van der Waals surface area contributed by atoms with Crippen molar-refractivity contribution < 1.29 is 9.47 Å². The van der Waals surface area contributed by atoms with Crippen LogP contribution in [0.25, 0.3) is 0 Å². The number of rotatable bonds is 5. The van der Waals surface area contributed by atoms with Gasteiger partial charge in [-0.25, -0.2) is 0 Å². The van der Waals surface area contributed by atoms with Crippen LogP contribution in [-0.2, 0) is 4.74 Å². The number of hydrogen-bond donors (Lipinski definition) is 1. The number of hydrogen-bond acceptors (Lipinski definition) is 4. The highest BCUT2D eigenvalue weighted by molar-refractivity contribution is 6.30. The summed E-state index contributed by atoms with van der Waals surface area (Å²) in [4.78, 5) is 3.99. The van der Waals surface area contributed by atoms with E-state index < -0.39 is 0 Å². The lowest BCUT2D eigenvalue weighted by Gasteiger charge is -2.43. The zero-order valence-electron chi connectivity index (χ0n) is 10.0. The summed E-state index contributed by atoms with van der Waals surface area (Å²) in [6.45, 7) is 3.03. The lowest BCUT2D eigenvalue weighted by Crippen LogP contribution is -2.60. The topological polar surface area (TPSA) is 43.4 Å². The van der Waals surface area contributed by atoms with E-state index in [9.17, 15) is 0 Å². The van der Waals surface area contributed by atoms with Crippen LogP contribution >= 0.6 is 11.6 Å². The Morgan fingerprint density at radius 3 is 3.00 bits per heavy atom. The SMILES string of the molecule is CCNC1CC(Oc2cncc(Cl)c2)C1OC. The van der Waals surface area contributed by atoms with Gasteiger partial charge in [0, 0.05) is 31.8 Å². The third-order valence-electron chi connectivity index (χ3n) is 2.95. The Morgan fingerprint density at radius 1 is 1.53 bits per heavy atom. The van der Waals surface area contributed by atoms with E-state index in [1.807, 2.05) is 0 Å². The molecular weight excluding hydrogens is 240 g/mol. The van der Waals surface area contributed by atoms with Gasteiger partial charge in [0.1, 0.15) is 18.0 Å². The van der Waals surface area contributed by atoms with E-state index in [0.717, 1.165) is 13.0 Å². The molecule has 4 nitrogen and oxygen atoms in total. The van der Waals surface area contributed by atoms with Crippen LogP contribution in [0.4, 0.5) is 0 Å². The molecule has 94 valence electrons. The smallest absolute Gasteiger partial charge is 0.139 e. The summed E-state index contributed by atoms with van der Waals surface area (Å²) in [5.41, 5.74) is 0. The number of methoxy groups -OCH3 is 1. The third kappa shape index (κ3) is 2.89. The monoisotopic (exact) mass is 256 g/mol. The molecule has 5 heteroatoms. The van der Waals surface area contributed by atoms with Gasteiger partial charge in [-0.3, -0.25) is 4.98 Å². The number of halogens is 1. The highest BCUT2D eigenvalue weighted by atomic mass is 35.5. The van der Waals surface area contributed by atoms with E-state index >= 15 is 0 Å². The van der Waals surface area contributed by atoms with E-state index in [1.54, 1.807) is 25.6 Å². The van der Waals surface area contributed by atoms with Crippen LogP contribution in [0.3, 0.4) is 0 Å². The largest absolute Gasteiger partial charge is 0.486 e. The quantitative estimate of drug-likeness (QED) is 0.874. The van der Waals surface area contributed by atoms with Crippen molar-refractivity contribution in [3.05, 3.63) is 23.5 Å². The molecule has 0 aromatic carbocycles. The summed E-state index contributed by atoms with van der Waals surface area (Å²) in [6.07, 6.45) is 4.36. The Kier molecular flexibility index (Phi) is 4.20. The average Bonchev–Trinajstić information content (AvgIpc) is 2.28. The average molecular weight is 257 g/mol. The van der Waals surface area contributed by atoms with Gasteiger partial charge in [0.05, 0.1) is 11.2 Å². The van der Waals surface area contributed by atoms with E-state index in [0.29, 0.717) is 16.8 Å². The molecule has 2 rings (SSSR count). The van der Waals surface area contributed by atoms with Gasteiger partial charge in [-0.2, -0.15) is 0 Å². The van der Waals surface area contributed by atoms with E-state index in [1.165, 1.54) is 0 Å². The normalized spacial score (nSPS) is 27.6. The summed E-state index contributed by atoms with van der Waals surface area (Å²) < 4.78 is 11.2. The molecule has 1 aromatic rings. The fraction of sp³-hybridized carbons (Fsp3) is 0.583. The molecule has 0 radical (unpaired) electrons. The first-order valence-electron chi connectivity index (χ1n) is 5.78. The molecule has 0 bridgehead atoms. The van der Waals surface area contributed by atoms with Gasteiger partial charge >= 0.3 is 0 Å². The number of ether oxygens (including phenoxy) is 2. The zero-order valence-corrected chi connectivity index (χ0v) is 10.8. The Hall–Kier alpha value is -0.840. The molecule has 1 heterocycles. The van der Waals surface area contributed by atoms with Gasteiger partial charge in [0.15, 0.2) is 0 Å². The van der Waals surface area contributed by atoms with Gasteiger partial charge < -0.3 is 14.8 Å². The first kappa shape index (κ1) is 12.6. The maximum Gasteiger partial charge on any atom is 0.139 e. The van der Waals surface area contributed by atoms with E-state index in [-0.39, 0.29) is 12.2 Å². The van der Waals surface area contributed by atoms with Crippen LogP contribution < -0.4 is 10.1 Å². The number of nitrogens with zero attached hydrogens (tertiary/aromatic N) is 1. The molecule has 0 spiro atoms. The lowest BCUT2D eigenvalue weighted by atomic mass is 9.85. The second kappa shape index (κ2) is 5.67. The van der Waals surface area contributed by atoms with Crippen molar-refractivity contribution >= 4 is 11.6 Å². The minimum Gasteiger partial charge on any atom is -0.486 e. The maximum absolute atomic E-state index is 5.85. The van der Waals surface area contributed by atoms with Gasteiger partial charge in [0.25, 0.3) is 0 Å². The fourth-order valence-electron chi connectivity index (χ4n) is 2.11.